The molecule has 8 bridgehead atoms. The fourth-order valence-corrected chi connectivity index (χ4v) is 5.03. The molecule has 0 aliphatic carbocycles. The molecule has 0 saturated heterocycles. The summed E-state index contributed by atoms with van der Waals surface area (Å²) < 4.78 is 21.3. The van der Waals surface area contributed by atoms with E-state index in [4.69, 9.17) is 18.9 Å². The molecule has 0 unspecified atom stereocenters. The summed E-state index contributed by atoms with van der Waals surface area (Å²) in [7, 11) is 2.50. The zero-order valence-corrected chi connectivity index (χ0v) is 26.0. The van der Waals surface area contributed by atoms with Gasteiger partial charge in [0.1, 0.15) is 22.3 Å². The Morgan fingerprint density at radius 1 is 0.543 bits per heavy atom. The van der Waals surface area contributed by atoms with E-state index in [2.05, 4.69) is 19.9 Å². The molecular weight excluding hydrogens is 592 g/mol. The van der Waals surface area contributed by atoms with E-state index in [1.165, 1.54) is 14.2 Å². The van der Waals surface area contributed by atoms with Crippen molar-refractivity contribution in [3.8, 4) is 0 Å². The van der Waals surface area contributed by atoms with Crippen LogP contribution in [-0.4, -0.2) is 71.2 Å². The van der Waals surface area contributed by atoms with Crippen molar-refractivity contribution >= 4 is 70.2 Å². The van der Waals surface area contributed by atoms with Crippen molar-refractivity contribution in [1.82, 2.24) is 19.9 Å². The summed E-state index contributed by atoms with van der Waals surface area (Å²) in [5, 5.41) is 0. The number of esters is 4. The van der Waals surface area contributed by atoms with Crippen LogP contribution in [0.3, 0.4) is 0 Å². The number of fused-ring (bicyclic) bond motifs is 8. The van der Waals surface area contributed by atoms with Crippen LogP contribution in [0.4, 0.5) is 0 Å². The minimum atomic E-state index is -0.712. The SMILES string of the molecule is CCCCOC(=O)c1c2nc(c(C(=O)OC)c3nc(c(C(=O)OCCCC)c4ccc([nH]4)c(C(=O)OC)c4ccc1[nH]4)C=C3)C=C2. The van der Waals surface area contributed by atoms with E-state index in [0.717, 1.165) is 12.8 Å². The summed E-state index contributed by atoms with van der Waals surface area (Å²) in [5.41, 5.74) is 2.49. The summed E-state index contributed by atoms with van der Waals surface area (Å²) in [6.07, 6.45) is 9.30. The van der Waals surface area contributed by atoms with Crippen molar-refractivity contribution < 1.29 is 38.1 Å². The molecule has 0 fully saturated rings. The second kappa shape index (κ2) is 14.1. The van der Waals surface area contributed by atoms with Crippen LogP contribution in [0.1, 0.15) is 104 Å². The molecule has 3 aromatic heterocycles. The van der Waals surface area contributed by atoms with Gasteiger partial charge >= 0.3 is 23.9 Å². The van der Waals surface area contributed by atoms with Gasteiger partial charge in [-0.15, -0.1) is 0 Å². The number of nitrogens with one attached hydrogen (secondary N) is 2. The standard InChI is InChI=1S/C34H34N4O8/c1-5-7-17-45-33(41)29-23-13-9-19(35-23)27(31(39)43-3)21-11-15-25(37-21)30(34(42)46-18-8-6-2)26-16-12-22(38-26)28(32(40)44-4)20-10-14-24(29)36-20/h9-16,35,37H,5-8,17-18H2,1-4H3. The highest BCUT2D eigenvalue weighted by atomic mass is 16.5. The van der Waals surface area contributed by atoms with Gasteiger partial charge in [0, 0.05) is 0 Å². The van der Waals surface area contributed by atoms with Gasteiger partial charge in [-0.3, -0.25) is 0 Å². The molecule has 0 saturated carbocycles. The number of hydrogen-bond donors (Lipinski definition) is 2. The Morgan fingerprint density at radius 2 is 0.891 bits per heavy atom. The molecule has 0 spiro atoms. The van der Waals surface area contributed by atoms with Gasteiger partial charge in [0.05, 0.1) is 72.3 Å². The Balaban J connectivity index is 1.92. The van der Waals surface area contributed by atoms with Crippen LogP contribution in [0.2, 0.25) is 0 Å². The van der Waals surface area contributed by atoms with Crippen molar-refractivity contribution in [3.05, 3.63) is 69.3 Å². The van der Waals surface area contributed by atoms with Gasteiger partial charge in [0.25, 0.3) is 0 Å². The van der Waals surface area contributed by atoms with Gasteiger partial charge in [-0.25, -0.2) is 29.1 Å². The third-order valence-corrected chi connectivity index (χ3v) is 7.40. The topological polar surface area (TPSA) is 163 Å². The maximum Gasteiger partial charge on any atom is 0.342 e. The molecule has 2 N–H and O–H groups in total. The monoisotopic (exact) mass is 626 g/mol. The molecule has 5 rings (SSSR count). The molecule has 2 aliphatic rings. The van der Waals surface area contributed by atoms with E-state index in [0.29, 0.717) is 34.9 Å². The Kier molecular flexibility index (Phi) is 9.75. The van der Waals surface area contributed by atoms with E-state index >= 15 is 0 Å². The van der Waals surface area contributed by atoms with Gasteiger partial charge in [0.2, 0.25) is 0 Å². The largest absolute Gasteiger partial charge is 0.465 e. The number of H-pyrrole nitrogens is 2. The number of carbonyl (C=O) groups excluding carboxylic acids is 4. The van der Waals surface area contributed by atoms with Gasteiger partial charge in [-0.1, -0.05) is 26.7 Å². The van der Waals surface area contributed by atoms with E-state index < -0.39 is 23.9 Å². The Morgan fingerprint density at radius 3 is 1.26 bits per heavy atom. The van der Waals surface area contributed by atoms with Crippen LogP contribution in [0, 0.1) is 0 Å². The number of carbonyl (C=O) groups is 4. The summed E-state index contributed by atoms with van der Waals surface area (Å²) >= 11 is 0. The third-order valence-electron chi connectivity index (χ3n) is 7.40. The van der Waals surface area contributed by atoms with Crippen molar-refractivity contribution in [1.29, 1.82) is 0 Å². The second-order valence-corrected chi connectivity index (χ2v) is 10.5. The number of unbranched alkanes of at least 4 members (excludes halogenated alkanes) is 2. The summed E-state index contributed by atoms with van der Waals surface area (Å²) in [5.74, 6) is -2.65. The molecule has 12 heteroatoms. The predicted molar refractivity (Wildman–Crippen MR) is 172 cm³/mol. The van der Waals surface area contributed by atoms with Crippen molar-refractivity contribution in [2.45, 2.75) is 39.5 Å². The molecule has 2 aliphatic heterocycles. The normalized spacial score (nSPS) is 11.7. The average Bonchev–Trinajstić information content (AvgIpc) is 3.88. The second-order valence-electron chi connectivity index (χ2n) is 10.5. The smallest absolute Gasteiger partial charge is 0.342 e. The molecule has 46 heavy (non-hydrogen) atoms. The third kappa shape index (κ3) is 6.32. The number of rotatable bonds is 10. The first-order valence-electron chi connectivity index (χ1n) is 15.0. The highest BCUT2D eigenvalue weighted by molar-refractivity contribution is 6.08. The highest BCUT2D eigenvalue weighted by Gasteiger charge is 2.25. The molecule has 12 nitrogen and oxygen atoms in total. The zero-order chi connectivity index (χ0) is 32.8. The zero-order valence-electron chi connectivity index (χ0n) is 26.0. The van der Waals surface area contributed by atoms with Crippen LogP contribution in [0.15, 0.2) is 24.3 Å². The van der Waals surface area contributed by atoms with Crippen LogP contribution in [0.25, 0.3) is 46.4 Å². The lowest BCUT2D eigenvalue weighted by molar-refractivity contribution is 0.0491. The summed E-state index contributed by atoms with van der Waals surface area (Å²) in [4.78, 5) is 68.8. The van der Waals surface area contributed by atoms with E-state index in [1.807, 2.05) is 13.8 Å². The highest BCUT2D eigenvalue weighted by Crippen LogP contribution is 2.28. The van der Waals surface area contributed by atoms with Gasteiger partial charge < -0.3 is 28.9 Å². The maximum absolute atomic E-state index is 13.5. The van der Waals surface area contributed by atoms with E-state index in [9.17, 15) is 19.2 Å². The minimum absolute atomic E-state index is 0.0326. The molecule has 0 atom stereocenters. The average molecular weight is 627 g/mol. The molecule has 0 amide bonds. The fourth-order valence-electron chi connectivity index (χ4n) is 5.03. The Bertz CT molecular complexity index is 1810. The Hall–Kier alpha value is -5.52. The van der Waals surface area contributed by atoms with E-state index in [1.54, 1.807) is 48.6 Å². The predicted octanol–water partition coefficient (Wildman–Crippen LogP) is 6.14. The molecule has 238 valence electrons. The molecular formula is C34H34N4O8. The summed E-state index contributed by atoms with van der Waals surface area (Å²) in [6, 6.07) is 6.51. The molecule has 5 heterocycles. The van der Waals surface area contributed by atoms with Crippen molar-refractivity contribution in [3.63, 3.8) is 0 Å². The van der Waals surface area contributed by atoms with Crippen LogP contribution in [-0.2, 0) is 18.9 Å². The van der Waals surface area contributed by atoms with Crippen LogP contribution in [0.5, 0.6) is 0 Å². The van der Waals surface area contributed by atoms with E-state index in [-0.39, 0.29) is 58.2 Å². The van der Waals surface area contributed by atoms with Crippen LogP contribution < -0.4 is 0 Å². The number of aromatic amines is 2. The first-order chi connectivity index (χ1) is 22.3. The lowest BCUT2D eigenvalue weighted by Gasteiger charge is -2.06. The molecule has 0 aromatic carbocycles. The number of nitrogens with zero attached hydrogens (tertiary/aromatic N) is 2. The lowest BCUT2D eigenvalue weighted by atomic mass is 10.1. The lowest BCUT2D eigenvalue weighted by Crippen LogP contribution is -2.10. The van der Waals surface area contributed by atoms with Crippen LogP contribution >= 0.6 is 0 Å². The first kappa shape index (κ1) is 31.9. The summed E-state index contributed by atoms with van der Waals surface area (Å²) in [6.45, 7) is 4.36. The molecule has 3 aromatic rings. The Labute approximate surface area is 264 Å². The fraction of sp³-hybridized carbons (Fsp3) is 0.294. The quantitative estimate of drug-likeness (QED) is 0.105. The van der Waals surface area contributed by atoms with Crippen molar-refractivity contribution in [2.75, 3.05) is 27.4 Å². The molecule has 0 radical (unpaired) electrons. The first-order valence-corrected chi connectivity index (χ1v) is 15.0. The van der Waals surface area contributed by atoms with Gasteiger partial charge in [-0.05, 0) is 61.4 Å². The van der Waals surface area contributed by atoms with Gasteiger partial charge in [0.15, 0.2) is 0 Å². The number of ether oxygens (including phenoxy) is 4. The number of hydrogen-bond acceptors (Lipinski definition) is 10. The minimum Gasteiger partial charge on any atom is -0.465 e. The number of aromatic nitrogens is 4. The van der Waals surface area contributed by atoms with Crippen molar-refractivity contribution in [2.24, 2.45) is 0 Å². The maximum atomic E-state index is 13.5. The van der Waals surface area contributed by atoms with Gasteiger partial charge in [-0.2, -0.15) is 0 Å². The number of methoxy groups -OCH3 is 2.